The van der Waals surface area contributed by atoms with Crippen LogP contribution in [0.25, 0.3) is 0 Å². The molecule has 0 spiro atoms. The van der Waals surface area contributed by atoms with Crippen LogP contribution in [0.15, 0.2) is 9.50 Å². The lowest BCUT2D eigenvalue weighted by molar-refractivity contribution is 0.318. The summed E-state index contributed by atoms with van der Waals surface area (Å²) in [5.74, 6) is 0.130. The quantitative estimate of drug-likeness (QED) is 0.250. The van der Waals surface area contributed by atoms with Gasteiger partial charge >= 0.3 is 0 Å². The predicted molar refractivity (Wildman–Crippen MR) is 51.1 cm³/mol. The molecule has 0 aliphatic heterocycles. The Bertz CT molecular complexity index is 308. The van der Waals surface area contributed by atoms with Crippen LogP contribution in [-0.4, -0.2) is 22.3 Å². The standard InChI is InChI=1S/C6H9N3OS2/c1-3-4(5(7)9-10)12-6(8-3)11-2/h10H,1-2H3,(H2,7,9). The average molecular weight is 203 g/mol. The second-order valence-corrected chi connectivity index (χ2v) is 4.14. The van der Waals surface area contributed by atoms with Crippen LogP contribution in [0.5, 0.6) is 0 Å². The maximum Gasteiger partial charge on any atom is 0.182 e. The van der Waals surface area contributed by atoms with Gasteiger partial charge in [0.05, 0.1) is 10.6 Å². The number of nitrogens with zero attached hydrogens (tertiary/aromatic N) is 2. The molecule has 0 aliphatic rings. The molecule has 0 saturated heterocycles. The number of aromatic nitrogens is 1. The molecule has 0 unspecified atom stereocenters. The van der Waals surface area contributed by atoms with Crippen molar-refractivity contribution in [1.82, 2.24) is 4.98 Å². The topological polar surface area (TPSA) is 71.5 Å². The van der Waals surface area contributed by atoms with Crippen molar-refractivity contribution in [3.63, 3.8) is 0 Å². The van der Waals surface area contributed by atoms with Gasteiger partial charge in [-0.3, -0.25) is 0 Å². The molecule has 3 N–H and O–H groups in total. The third-order valence-electron chi connectivity index (χ3n) is 1.29. The minimum Gasteiger partial charge on any atom is -0.409 e. The summed E-state index contributed by atoms with van der Waals surface area (Å²) >= 11 is 2.98. The Morgan fingerprint density at radius 3 is 2.83 bits per heavy atom. The number of hydrogen-bond donors (Lipinski definition) is 2. The maximum atomic E-state index is 8.43. The summed E-state index contributed by atoms with van der Waals surface area (Å²) in [7, 11) is 0. The van der Waals surface area contributed by atoms with Gasteiger partial charge in [0.2, 0.25) is 0 Å². The fraction of sp³-hybridized carbons (Fsp3) is 0.333. The van der Waals surface area contributed by atoms with E-state index in [1.54, 1.807) is 11.8 Å². The van der Waals surface area contributed by atoms with Crippen molar-refractivity contribution >= 4 is 28.9 Å². The second kappa shape index (κ2) is 3.77. The molecule has 66 valence electrons. The molecule has 4 nitrogen and oxygen atoms in total. The third-order valence-corrected chi connectivity index (χ3v) is 3.46. The highest BCUT2D eigenvalue weighted by atomic mass is 32.2. The highest BCUT2D eigenvalue weighted by Crippen LogP contribution is 2.24. The lowest BCUT2D eigenvalue weighted by atomic mass is 10.4. The number of thiazole rings is 1. The summed E-state index contributed by atoms with van der Waals surface area (Å²) in [6.07, 6.45) is 1.94. The Morgan fingerprint density at radius 1 is 1.75 bits per heavy atom. The van der Waals surface area contributed by atoms with Crippen molar-refractivity contribution in [1.29, 1.82) is 0 Å². The van der Waals surface area contributed by atoms with Crippen LogP contribution in [-0.2, 0) is 0 Å². The summed E-state index contributed by atoms with van der Waals surface area (Å²) in [4.78, 5) is 4.95. The molecule has 0 bridgehead atoms. The first-order chi connectivity index (χ1) is 5.69. The van der Waals surface area contributed by atoms with Gasteiger partial charge < -0.3 is 10.9 Å². The van der Waals surface area contributed by atoms with Gasteiger partial charge in [-0.2, -0.15) is 0 Å². The number of rotatable bonds is 2. The zero-order valence-electron chi connectivity index (χ0n) is 6.74. The van der Waals surface area contributed by atoms with Crippen molar-refractivity contribution in [2.75, 3.05) is 6.26 Å². The summed E-state index contributed by atoms with van der Waals surface area (Å²) in [6, 6.07) is 0. The minimum atomic E-state index is 0.130. The van der Waals surface area contributed by atoms with Crippen molar-refractivity contribution in [3.05, 3.63) is 10.6 Å². The van der Waals surface area contributed by atoms with Crippen molar-refractivity contribution < 1.29 is 5.21 Å². The van der Waals surface area contributed by atoms with Gasteiger partial charge in [-0.25, -0.2) is 4.98 Å². The molecule has 12 heavy (non-hydrogen) atoms. The molecule has 0 radical (unpaired) electrons. The predicted octanol–water partition coefficient (Wildman–Crippen LogP) is 1.27. The highest BCUT2D eigenvalue weighted by molar-refractivity contribution is 8.00. The first kappa shape index (κ1) is 9.34. The van der Waals surface area contributed by atoms with Gasteiger partial charge in [0, 0.05) is 0 Å². The van der Waals surface area contributed by atoms with E-state index in [-0.39, 0.29) is 5.84 Å². The number of amidine groups is 1. The van der Waals surface area contributed by atoms with Gasteiger partial charge in [0.1, 0.15) is 0 Å². The van der Waals surface area contributed by atoms with Crippen LogP contribution in [0, 0.1) is 6.92 Å². The molecular formula is C6H9N3OS2. The van der Waals surface area contributed by atoms with E-state index in [0.717, 1.165) is 14.9 Å². The van der Waals surface area contributed by atoms with Gasteiger partial charge in [0.15, 0.2) is 10.2 Å². The van der Waals surface area contributed by atoms with Crippen molar-refractivity contribution in [2.45, 2.75) is 11.3 Å². The SMILES string of the molecule is CSc1nc(C)c(/C(N)=N\O)s1. The Kier molecular flexibility index (Phi) is 2.93. The summed E-state index contributed by atoms with van der Waals surface area (Å²) in [6.45, 7) is 1.84. The Hall–Kier alpha value is -0.750. The highest BCUT2D eigenvalue weighted by Gasteiger charge is 2.10. The van der Waals surface area contributed by atoms with E-state index >= 15 is 0 Å². The molecule has 1 aromatic rings. The van der Waals surface area contributed by atoms with E-state index in [1.807, 2.05) is 13.2 Å². The van der Waals surface area contributed by atoms with E-state index in [9.17, 15) is 0 Å². The lowest BCUT2D eigenvalue weighted by Gasteiger charge is -1.91. The number of nitrogens with two attached hydrogens (primary N) is 1. The number of hydrogen-bond acceptors (Lipinski definition) is 5. The molecular weight excluding hydrogens is 194 g/mol. The largest absolute Gasteiger partial charge is 0.409 e. The number of aryl methyl sites for hydroxylation is 1. The van der Waals surface area contributed by atoms with Crippen molar-refractivity contribution in [2.24, 2.45) is 10.9 Å². The van der Waals surface area contributed by atoms with E-state index in [0.29, 0.717) is 0 Å². The van der Waals surface area contributed by atoms with Crippen LogP contribution >= 0.6 is 23.1 Å². The smallest absolute Gasteiger partial charge is 0.182 e. The molecule has 1 aromatic heterocycles. The summed E-state index contributed by atoms with van der Waals surface area (Å²) < 4.78 is 0.925. The normalized spacial score (nSPS) is 12.0. The molecule has 0 fully saturated rings. The first-order valence-corrected chi connectivity index (χ1v) is 5.22. The second-order valence-electron chi connectivity index (χ2n) is 2.08. The van der Waals surface area contributed by atoms with Gasteiger partial charge in [0.25, 0.3) is 0 Å². The van der Waals surface area contributed by atoms with Crippen molar-refractivity contribution in [3.8, 4) is 0 Å². The molecule has 1 heterocycles. The van der Waals surface area contributed by atoms with Gasteiger partial charge in [-0.1, -0.05) is 16.9 Å². The molecule has 0 atom stereocenters. The monoisotopic (exact) mass is 203 g/mol. The minimum absolute atomic E-state index is 0.130. The molecule has 0 saturated carbocycles. The van der Waals surface area contributed by atoms with Gasteiger partial charge in [-0.05, 0) is 13.2 Å². The zero-order chi connectivity index (χ0) is 9.14. The van der Waals surface area contributed by atoms with Crippen LogP contribution in [0.3, 0.4) is 0 Å². The molecule has 0 aliphatic carbocycles. The summed E-state index contributed by atoms with van der Waals surface area (Å²) in [5, 5.41) is 11.4. The Morgan fingerprint density at radius 2 is 2.42 bits per heavy atom. The maximum absolute atomic E-state index is 8.43. The average Bonchev–Trinajstić information content (AvgIpc) is 2.45. The fourth-order valence-electron chi connectivity index (χ4n) is 0.742. The Balaban J connectivity index is 3.08. The van der Waals surface area contributed by atoms with E-state index in [4.69, 9.17) is 10.9 Å². The van der Waals surface area contributed by atoms with E-state index < -0.39 is 0 Å². The van der Waals surface area contributed by atoms with E-state index in [1.165, 1.54) is 11.3 Å². The Labute approximate surface area is 78.5 Å². The summed E-state index contributed by atoms with van der Waals surface area (Å²) in [5.41, 5.74) is 6.23. The third kappa shape index (κ3) is 1.70. The lowest BCUT2D eigenvalue weighted by Crippen LogP contribution is -2.12. The van der Waals surface area contributed by atoms with Crippen LogP contribution < -0.4 is 5.73 Å². The first-order valence-electron chi connectivity index (χ1n) is 3.18. The molecule has 0 amide bonds. The van der Waals surface area contributed by atoms with Crippen LogP contribution in [0.2, 0.25) is 0 Å². The fourth-order valence-corrected chi connectivity index (χ4v) is 2.25. The van der Waals surface area contributed by atoms with Crippen LogP contribution in [0.4, 0.5) is 0 Å². The van der Waals surface area contributed by atoms with Gasteiger partial charge in [-0.15, -0.1) is 11.3 Å². The number of oxime groups is 1. The van der Waals surface area contributed by atoms with Crippen LogP contribution in [0.1, 0.15) is 10.6 Å². The molecule has 1 rings (SSSR count). The number of thioether (sulfide) groups is 1. The molecule has 6 heteroatoms. The van der Waals surface area contributed by atoms with E-state index in [2.05, 4.69) is 10.1 Å². The zero-order valence-corrected chi connectivity index (χ0v) is 8.37. The molecule has 0 aromatic carbocycles.